The summed E-state index contributed by atoms with van der Waals surface area (Å²) in [6, 6.07) is 5.52. The number of nitrogens with one attached hydrogen (secondary N) is 1. The molecular formula is C20H24ClFN4O2. The van der Waals surface area contributed by atoms with E-state index in [-0.39, 0.29) is 34.0 Å². The summed E-state index contributed by atoms with van der Waals surface area (Å²) in [5, 5.41) is 3.25. The van der Waals surface area contributed by atoms with Crippen LogP contribution in [0.1, 0.15) is 61.1 Å². The van der Waals surface area contributed by atoms with Crippen LogP contribution in [0.2, 0.25) is 5.02 Å². The van der Waals surface area contributed by atoms with Gasteiger partial charge < -0.3 is 16.8 Å². The molecule has 0 aliphatic heterocycles. The van der Waals surface area contributed by atoms with Gasteiger partial charge in [-0.3, -0.25) is 9.59 Å². The molecule has 6 nitrogen and oxygen atoms in total. The third-order valence-electron chi connectivity index (χ3n) is 4.36. The van der Waals surface area contributed by atoms with Gasteiger partial charge in [0.05, 0.1) is 10.6 Å². The van der Waals surface area contributed by atoms with Gasteiger partial charge in [0.1, 0.15) is 11.6 Å². The lowest BCUT2D eigenvalue weighted by molar-refractivity contribution is -0.119. The minimum atomic E-state index is -0.705. The van der Waals surface area contributed by atoms with E-state index in [1.807, 2.05) is 6.92 Å². The summed E-state index contributed by atoms with van der Waals surface area (Å²) < 4.78 is 15.3. The van der Waals surface area contributed by atoms with Crippen molar-refractivity contribution < 1.29 is 14.0 Å². The maximum atomic E-state index is 15.3. The number of halogens is 2. The summed E-state index contributed by atoms with van der Waals surface area (Å²) in [6.45, 7) is 5.48. The van der Waals surface area contributed by atoms with E-state index in [1.54, 1.807) is 13.8 Å². The van der Waals surface area contributed by atoms with E-state index in [2.05, 4.69) is 10.3 Å². The van der Waals surface area contributed by atoms with Gasteiger partial charge in [-0.05, 0) is 38.5 Å². The van der Waals surface area contributed by atoms with Gasteiger partial charge in [0.25, 0.3) is 0 Å². The molecule has 1 amide bonds. The molecule has 0 radical (unpaired) electrons. The van der Waals surface area contributed by atoms with Crippen LogP contribution in [0.15, 0.2) is 30.5 Å². The van der Waals surface area contributed by atoms with E-state index < -0.39 is 29.1 Å². The fraction of sp³-hybridized carbons (Fsp3) is 0.350. The molecular weight excluding hydrogens is 383 g/mol. The molecule has 0 aliphatic rings. The first-order valence-corrected chi connectivity index (χ1v) is 9.23. The van der Waals surface area contributed by atoms with Crippen molar-refractivity contribution in [3.05, 3.63) is 58.0 Å². The number of amides is 1. The van der Waals surface area contributed by atoms with Gasteiger partial charge in [0.2, 0.25) is 5.91 Å². The first-order valence-electron chi connectivity index (χ1n) is 8.86. The van der Waals surface area contributed by atoms with Crippen LogP contribution in [0.5, 0.6) is 0 Å². The van der Waals surface area contributed by atoms with Crippen LogP contribution in [0.3, 0.4) is 0 Å². The molecule has 0 saturated carbocycles. The third kappa shape index (κ3) is 5.05. The number of rotatable bonds is 8. The van der Waals surface area contributed by atoms with E-state index in [0.717, 1.165) is 0 Å². The number of benzene rings is 1. The molecule has 1 heterocycles. The Bertz CT molecular complexity index is 885. The predicted molar refractivity (Wildman–Crippen MR) is 108 cm³/mol. The molecule has 8 heteroatoms. The van der Waals surface area contributed by atoms with Crippen LogP contribution in [-0.2, 0) is 4.79 Å². The molecule has 0 aliphatic carbocycles. The van der Waals surface area contributed by atoms with Gasteiger partial charge >= 0.3 is 0 Å². The topological polar surface area (TPSA) is 111 Å². The van der Waals surface area contributed by atoms with Crippen LogP contribution in [0, 0.1) is 5.82 Å². The van der Waals surface area contributed by atoms with Crippen molar-refractivity contribution in [1.29, 1.82) is 0 Å². The number of pyridine rings is 1. The predicted octanol–water partition coefficient (Wildman–Crippen LogP) is 3.38. The number of nitrogens with zero attached hydrogens (tertiary/aromatic N) is 1. The molecule has 150 valence electrons. The summed E-state index contributed by atoms with van der Waals surface area (Å²) in [5.41, 5.74) is 10.4. The lowest BCUT2D eigenvalue weighted by atomic mass is 9.93. The highest BCUT2D eigenvalue weighted by molar-refractivity contribution is 6.35. The fourth-order valence-electron chi connectivity index (χ4n) is 3.09. The van der Waals surface area contributed by atoms with Crippen LogP contribution < -0.4 is 16.8 Å². The maximum absolute atomic E-state index is 15.3. The van der Waals surface area contributed by atoms with Crippen molar-refractivity contribution in [2.45, 2.75) is 45.2 Å². The van der Waals surface area contributed by atoms with E-state index in [1.165, 1.54) is 30.5 Å². The minimum Gasteiger partial charge on any atom is -0.384 e. The second-order valence-electron chi connectivity index (χ2n) is 7.26. The zero-order chi connectivity index (χ0) is 21.1. The second-order valence-corrected chi connectivity index (χ2v) is 7.67. The molecule has 2 rings (SSSR count). The number of aromatic nitrogens is 1. The lowest BCUT2D eigenvalue weighted by Gasteiger charge is -2.31. The minimum absolute atomic E-state index is 0.00863. The Morgan fingerprint density at radius 2 is 1.96 bits per heavy atom. The molecule has 0 fully saturated rings. The number of carbonyl (C=O) groups is 2. The van der Waals surface area contributed by atoms with E-state index in [4.69, 9.17) is 23.1 Å². The Morgan fingerprint density at radius 3 is 2.50 bits per heavy atom. The van der Waals surface area contributed by atoms with Gasteiger partial charge in [-0.1, -0.05) is 24.6 Å². The quantitative estimate of drug-likeness (QED) is 0.582. The number of anilines is 1. The molecule has 5 N–H and O–H groups in total. The number of nitrogen functional groups attached to an aromatic ring is 1. The number of ketones is 1. The summed E-state index contributed by atoms with van der Waals surface area (Å²) in [4.78, 5) is 28.0. The Morgan fingerprint density at radius 1 is 1.29 bits per heavy atom. The molecule has 0 saturated heterocycles. The number of nitrogens with two attached hydrogens (primary N) is 2. The number of hydrogen-bond acceptors (Lipinski definition) is 5. The van der Waals surface area contributed by atoms with Crippen molar-refractivity contribution in [3.63, 3.8) is 0 Å². The number of hydrogen-bond donors (Lipinski definition) is 3. The molecule has 1 aromatic carbocycles. The van der Waals surface area contributed by atoms with Crippen LogP contribution in [0.25, 0.3) is 0 Å². The highest BCUT2D eigenvalue weighted by Crippen LogP contribution is 2.31. The van der Waals surface area contributed by atoms with Gasteiger partial charge in [0, 0.05) is 35.3 Å². The standard InChI is InChI=1S/C20H24ClFN4O2/c1-4-14(26-20(2,3)9-16(24)27)12-6-7-13(21)17(18(12)22)19(28)11-5-8-15(23)25-10-11/h5-8,10,14,26H,4,9H2,1-3H3,(H2,23,25)(H2,24,27)/t14-/m1/s1. The molecule has 0 unspecified atom stereocenters. The first kappa shape index (κ1) is 21.8. The normalized spacial score (nSPS) is 12.6. The Balaban J connectivity index is 2.43. The van der Waals surface area contributed by atoms with Gasteiger partial charge in [-0.15, -0.1) is 0 Å². The lowest BCUT2D eigenvalue weighted by Crippen LogP contribution is -2.44. The van der Waals surface area contributed by atoms with Gasteiger partial charge in [0.15, 0.2) is 5.78 Å². The van der Waals surface area contributed by atoms with Crippen molar-refractivity contribution in [2.75, 3.05) is 5.73 Å². The molecule has 28 heavy (non-hydrogen) atoms. The SMILES string of the molecule is CC[C@@H](NC(C)(C)CC(N)=O)c1ccc(Cl)c(C(=O)c2ccc(N)nc2)c1F. The van der Waals surface area contributed by atoms with Crippen molar-refractivity contribution in [2.24, 2.45) is 5.73 Å². The highest BCUT2D eigenvalue weighted by atomic mass is 35.5. The summed E-state index contributed by atoms with van der Waals surface area (Å²) >= 11 is 6.14. The summed E-state index contributed by atoms with van der Waals surface area (Å²) in [5.74, 6) is -1.49. The Hall–Kier alpha value is -2.51. The number of primary amides is 1. The molecule has 1 aromatic heterocycles. The van der Waals surface area contributed by atoms with Gasteiger partial charge in [-0.25, -0.2) is 9.37 Å². The van der Waals surface area contributed by atoms with Crippen LogP contribution >= 0.6 is 11.6 Å². The monoisotopic (exact) mass is 406 g/mol. The van der Waals surface area contributed by atoms with Crippen molar-refractivity contribution in [3.8, 4) is 0 Å². The van der Waals surface area contributed by atoms with Crippen LogP contribution in [0.4, 0.5) is 10.2 Å². The van der Waals surface area contributed by atoms with Crippen molar-refractivity contribution in [1.82, 2.24) is 10.3 Å². The maximum Gasteiger partial charge on any atom is 0.219 e. The smallest absolute Gasteiger partial charge is 0.219 e. The summed E-state index contributed by atoms with van der Waals surface area (Å²) in [7, 11) is 0. The zero-order valence-electron chi connectivity index (χ0n) is 16.1. The molecule has 2 aromatic rings. The molecule has 0 bridgehead atoms. The average Bonchev–Trinajstić information content (AvgIpc) is 2.59. The highest BCUT2D eigenvalue weighted by Gasteiger charge is 2.28. The van der Waals surface area contributed by atoms with E-state index in [9.17, 15) is 9.59 Å². The Labute approximate surface area is 168 Å². The number of carbonyl (C=O) groups excluding carboxylic acids is 2. The molecule has 0 spiro atoms. The van der Waals surface area contributed by atoms with E-state index >= 15 is 4.39 Å². The zero-order valence-corrected chi connectivity index (χ0v) is 16.8. The second kappa shape index (κ2) is 8.67. The Kier molecular flexibility index (Phi) is 6.74. The van der Waals surface area contributed by atoms with E-state index in [0.29, 0.717) is 6.42 Å². The largest absolute Gasteiger partial charge is 0.384 e. The first-order chi connectivity index (χ1) is 13.1. The molecule has 1 atom stereocenters. The third-order valence-corrected chi connectivity index (χ3v) is 4.68. The fourth-order valence-corrected chi connectivity index (χ4v) is 3.32. The summed E-state index contributed by atoms with van der Waals surface area (Å²) in [6.07, 6.45) is 1.89. The van der Waals surface area contributed by atoms with Gasteiger partial charge in [-0.2, -0.15) is 0 Å². The average molecular weight is 407 g/mol. The van der Waals surface area contributed by atoms with Crippen LogP contribution in [-0.4, -0.2) is 22.2 Å². The van der Waals surface area contributed by atoms with Crippen molar-refractivity contribution >= 4 is 29.1 Å².